The van der Waals surface area contributed by atoms with Gasteiger partial charge in [0.1, 0.15) is 19.3 Å². The maximum atomic E-state index is 11.3. The summed E-state index contributed by atoms with van der Waals surface area (Å²) in [6.07, 6.45) is -0.0835. The molecule has 0 aliphatic carbocycles. The molecule has 0 spiro atoms. The maximum Gasteiger partial charge on any atom is 0.407 e. The number of ether oxygens (including phenoxy) is 4. The highest BCUT2D eigenvalue weighted by Gasteiger charge is 2.10. The summed E-state index contributed by atoms with van der Waals surface area (Å²) < 4.78 is 19.2. The summed E-state index contributed by atoms with van der Waals surface area (Å²) in [4.78, 5) is 33.2. The molecule has 8 nitrogen and oxygen atoms in total. The van der Waals surface area contributed by atoms with Crippen LogP contribution in [0.15, 0.2) is 12.7 Å². The Balaban J connectivity index is 3.58. The maximum absolute atomic E-state index is 11.3. The van der Waals surface area contributed by atoms with Gasteiger partial charge in [-0.05, 0) is 6.92 Å². The zero-order valence-electron chi connectivity index (χ0n) is 12.3. The third-order valence-corrected chi connectivity index (χ3v) is 2.06. The van der Waals surface area contributed by atoms with Crippen molar-refractivity contribution in [3.8, 4) is 0 Å². The summed E-state index contributed by atoms with van der Waals surface area (Å²) in [6, 6.07) is 0. The zero-order chi connectivity index (χ0) is 16.1. The molecule has 0 radical (unpaired) electrons. The van der Waals surface area contributed by atoms with Gasteiger partial charge in [0.25, 0.3) is 0 Å². The normalized spacial score (nSPS) is 11.1. The monoisotopic (exact) mass is 303 g/mol. The lowest BCUT2D eigenvalue weighted by atomic mass is 10.4. The van der Waals surface area contributed by atoms with E-state index >= 15 is 0 Å². The van der Waals surface area contributed by atoms with Crippen LogP contribution in [0.1, 0.15) is 13.3 Å². The fourth-order valence-corrected chi connectivity index (χ4v) is 1.19. The second-order valence-electron chi connectivity index (χ2n) is 3.94. The number of alkyl carbamates (subject to hydrolysis) is 1. The Kier molecular flexibility index (Phi) is 10.5. The lowest BCUT2D eigenvalue weighted by molar-refractivity contribution is -0.151. The SMILES string of the molecule is C=CC(=O)OCCNC(=O)OCCC(=O)OC(C)COC. The van der Waals surface area contributed by atoms with Crippen molar-refractivity contribution in [1.82, 2.24) is 5.32 Å². The number of nitrogens with one attached hydrogen (secondary N) is 1. The molecule has 0 aromatic rings. The van der Waals surface area contributed by atoms with Gasteiger partial charge in [-0.1, -0.05) is 6.58 Å². The smallest absolute Gasteiger partial charge is 0.407 e. The standard InChI is InChI=1S/C13H21NO7/c1-4-11(15)19-8-6-14-13(17)20-7-5-12(16)21-10(2)9-18-3/h4,10H,1,5-9H2,2-3H3,(H,14,17). The third-order valence-electron chi connectivity index (χ3n) is 2.06. The molecular weight excluding hydrogens is 282 g/mol. The van der Waals surface area contributed by atoms with E-state index in [9.17, 15) is 14.4 Å². The van der Waals surface area contributed by atoms with Crippen LogP contribution in [0, 0.1) is 0 Å². The Morgan fingerprint density at radius 1 is 1.24 bits per heavy atom. The van der Waals surface area contributed by atoms with Crippen molar-refractivity contribution >= 4 is 18.0 Å². The van der Waals surface area contributed by atoms with Crippen LogP contribution in [0.2, 0.25) is 0 Å². The van der Waals surface area contributed by atoms with E-state index in [0.717, 1.165) is 6.08 Å². The number of hydrogen-bond acceptors (Lipinski definition) is 7. The molecule has 0 aromatic heterocycles. The molecule has 0 fully saturated rings. The van der Waals surface area contributed by atoms with Crippen molar-refractivity contribution in [3.63, 3.8) is 0 Å². The predicted molar refractivity (Wildman–Crippen MR) is 72.6 cm³/mol. The van der Waals surface area contributed by atoms with Gasteiger partial charge in [-0.15, -0.1) is 0 Å². The Hall–Kier alpha value is -2.09. The molecule has 120 valence electrons. The lowest BCUT2D eigenvalue weighted by Gasteiger charge is -2.12. The fraction of sp³-hybridized carbons (Fsp3) is 0.615. The first-order valence-corrected chi connectivity index (χ1v) is 6.37. The largest absolute Gasteiger partial charge is 0.461 e. The molecule has 0 aromatic carbocycles. The molecule has 0 saturated carbocycles. The molecule has 0 bridgehead atoms. The highest BCUT2D eigenvalue weighted by atomic mass is 16.6. The van der Waals surface area contributed by atoms with Crippen LogP contribution in [0.5, 0.6) is 0 Å². The van der Waals surface area contributed by atoms with Crippen molar-refractivity contribution in [2.24, 2.45) is 0 Å². The van der Waals surface area contributed by atoms with Gasteiger partial charge in [0.2, 0.25) is 0 Å². The Labute approximate surface area is 123 Å². The molecule has 0 aliphatic heterocycles. The second kappa shape index (κ2) is 11.7. The Morgan fingerprint density at radius 2 is 1.95 bits per heavy atom. The van der Waals surface area contributed by atoms with E-state index in [1.54, 1.807) is 6.92 Å². The van der Waals surface area contributed by atoms with Crippen molar-refractivity contribution in [1.29, 1.82) is 0 Å². The van der Waals surface area contributed by atoms with E-state index in [-0.39, 0.29) is 32.3 Å². The topological polar surface area (TPSA) is 100 Å². The van der Waals surface area contributed by atoms with Crippen LogP contribution >= 0.6 is 0 Å². The van der Waals surface area contributed by atoms with E-state index in [0.29, 0.717) is 6.61 Å². The van der Waals surface area contributed by atoms with Gasteiger partial charge in [0, 0.05) is 13.2 Å². The summed E-state index contributed by atoms with van der Waals surface area (Å²) in [5.74, 6) is -1.05. The number of esters is 2. The Morgan fingerprint density at radius 3 is 2.57 bits per heavy atom. The minimum atomic E-state index is -0.706. The van der Waals surface area contributed by atoms with Gasteiger partial charge in [-0.25, -0.2) is 9.59 Å². The number of amides is 1. The van der Waals surface area contributed by atoms with Gasteiger partial charge in [0.05, 0.1) is 19.6 Å². The van der Waals surface area contributed by atoms with E-state index in [2.05, 4.69) is 16.6 Å². The van der Waals surface area contributed by atoms with Crippen LogP contribution < -0.4 is 5.32 Å². The van der Waals surface area contributed by atoms with Crippen LogP contribution in [0.25, 0.3) is 0 Å². The van der Waals surface area contributed by atoms with Gasteiger partial charge in [0.15, 0.2) is 0 Å². The van der Waals surface area contributed by atoms with E-state index < -0.39 is 18.0 Å². The molecule has 0 saturated heterocycles. The summed E-state index contributed by atoms with van der Waals surface area (Å²) >= 11 is 0. The third kappa shape index (κ3) is 11.4. The molecule has 0 aliphatic rings. The van der Waals surface area contributed by atoms with Crippen molar-refractivity contribution in [2.45, 2.75) is 19.4 Å². The molecule has 1 unspecified atom stereocenters. The van der Waals surface area contributed by atoms with Crippen molar-refractivity contribution in [2.75, 3.05) is 33.5 Å². The van der Waals surface area contributed by atoms with Gasteiger partial charge >= 0.3 is 18.0 Å². The summed E-state index contributed by atoms with van der Waals surface area (Å²) in [6.45, 7) is 5.24. The lowest BCUT2D eigenvalue weighted by Crippen LogP contribution is -2.29. The molecule has 1 atom stereocenters. The zero-order valence-corrected chi connectivity index (χ0v) is 12.3. The Bertz CT molecular complexity index is 356. The summed E-state index contributed by atoms with van der Waals surface area (Å²) in [5, 5.41) is 2.35. The minimum Gasteiger partial charge on any atom is -0.461 e. The number of rotatable bonds is 10. The quantitative estimate of drug-likeness (QED) is 0.270. The molecule has 1 amide bonds. The van der Waals surface area contributed by atoms with Crippen molar-refractivity contribution < 1.29 is 33.3 Å². The summed E-state index contributed by atoms with van der Waals surface area (Å²) in [7, 11) is 1.50. The first-order chi connectivity index (χ1) is 9.99. The molecular formula is C13H21NO7. The highest BCUT2D eigenvalue weighted by molar-refractivity contribution is 5.81. The van der Waals surface area contributed by atoms with Crippen LogP contribution in [-0.2, 0) is 28.5 Å². The molecule has 1 N–H and O–H groups in total. The predicted octanol–water partition coefficient (Wildman–Crippen LogP) is 0.410. The average Bonchev–Trinajstić information content (AvgIpc) is 2.43. The molecule has 0 heterocycles. The average molecular weight is 303 g/mol. The number of carbonyl (C=O) groups is 3. The minimum absolute atomic E-state index is 0.0104. The number of carbonyl (C=O) groups excluding carboxylic acids is 3. The number of hydrogen-bond donors (Lipinski definition) is 1. The first kappa shape index (κ1) is 18.9. The molecule has 0 rings (SSSR count). The van der Waals surface area contributed by atoms with Crippen LogP contribution in [-0.4, -0.2) is 57.6 Å². The molecule has 21 heavy (non-hydrogen) atoms. The van der Waals surface area contributed by atoms with E-state index in [4.69, 9.17) is 14.2 Å². The van der Waals surface area contributed by atoms with E-state index in [1.165, 1.54) is 7.11 Å². The van der Waals surface area contributed by atoms with Gasteiger partial charge in [-0.3, -0.25) is 4.79 Å². The fourth-order valence-electron chi connectivity index (χ4n) is 1.19. The highest BCUT2D eigenvalue weighted by Crippen LogP contribution is 1.96. The van der Waals surface area contributed by atoms with Crippen LogP contribution in [0.4, 0.5) is 4.79 Å². The summed E-state index contributed by atoms with van der Waals surface area (Å²) in [5.41, 5.74) is 0. The van der Waals surface area contributed by atoms with Gasteiger partial charge < -0.3 is 24.3 Å². The second-order valence-corrected chi connectivity index (χ2v) is 3.94. The number of methoxy groups -OCH3 is 1. The van der Waals surface area contributed by atoms with Gasteiger partial charge in [-0.2, -0.15) is 0 Å². The van der Waals surface area contributed by atoms with E-state index in [1.807, 2.05) is 0 Å². The van der Waals surface area contributed by atoms with Crippen molar-refractivity contribution in [3.05, 3.63) is 12.7 Å². The van der Waals surface area contributed by atoms with Crippen LogP contribution in [0.3, 0.4) is 0 Å². The first-order valence-electron chi connectivity index (χ1n) is 6.37. The molecule has 8 heteroatoms.